The molecular formula is C15H15Cl2FN2OS. The standard InChI is InChI=1S/C15H15Cl2FN2OS/c1-2-11(8-5-9-3-6-10(18)7-4-9)19-15(21)13-12(16)14(17)20-22-13/h3-4,6-7,11H,2,5,8H2,1H3,(H,19,21). The van der Waals surface area contributed by atoms with Gasteiger partial charge >= 0.3 is 0 Å². The zero-order valence-electron chi connectivity index (χ0n) is 11.9. The fourth-order valence-corrected chi connectivity index (χ4v) is 3.14. The van der Waals surface area contributed by atoms with E-state index in [0.717, 1.165) is 36.4 Å². The first-order valence-electron chi connectivity index (χ1n) is 6.87. The van der Waals surface area contributed by atoms with Crippen molar-refractivity contribution < 1.29 is 9.18 Å². The third kappa shape index (κ3) is 4.41. The van der Waals surface area contributed by atoms with E-state index < -0.39 is 0 Å². The summed E-state index contributed by atoms with van der Waals surface area (Å²) in [4.78, 5) is 12.5. The number of halogens is 3. The first kappa shape index (κ1) is 17.2. The Morgan fingerprint density at radius 2 is 2.05 bits per heavy atom. The normalized spacial score (nSPS) is 12.2. The van der Waals surface area contributed by atoms with Crippen molar-refractivity contribution in [1.29, 1.82) is 0 Å². The number of hydrogen-bond acceptors (Lipinski definition) is 3. The summed E-state index contributed by atoms with van der Waals surface area (Å²) < 4.78 is 16.7. The van der Waals surface area contributed by atoms with E-state index in [1.807, 2.05) is 6.92 Å². The molecule has 0 spiro atoms. The summed E-state index contributed by atoms with van der Waals surface area (Å²) in [6, 6.07) is 6.39. The number of carbonyl (C=O) groups excluding carboxylic acids is 1. The van der Waals surface area contributed by atoms with Gasteiger partial charge in [-0.15, -0.1) is 0 Å². The number of hydrogen-bond donors (Lipinski definition) is 1. The molecule has 3 nitrogen and oxygen atoms in total. The summed E-state index contributed by atoms with van der Waals surface area (Å²) in [7, 11) is 0. The number of carbonyl (C=O) groups is 1. The van der Waals surface area contributed by atoms with E-state index in [2.05, 4.69) is 9.69 Å². The molecule has 0 aliphatic rings. The molecule has 1 amide bonds. The fraction of sp³-hybridized carbons (Fsp3) is 0.333. The Kier molecular flexibility index (Phi) is 6.17. The van der Waals surface area contributed by atoms with Gasteiger partial charge in [-0.1, -0.05) is 42.3 Å². The van der Waals surface area contributed by atoms with E-state index in [1.54, 1.807) is 12.1 Å². The van der Waals surface area contributed by atoms with Gasteiger partial charge in [0.15, 0.2) is 5.15 Å². The van der Waals surface area contributed by atoms with Crippen molar-refractivity contribution >= 4 is 40.6 Å². The maximum absolute atomic E-state index is 12.9. The Bertz CT molecular complexity index is 645. The van der Waals surface area contributed by atoms with Crippen molar-refractivity contribution in [1.82, 2.24) is 9.69 Å². The van der Waals surface area contributed by atoms with Crippen LogP contribution in [-0.4, -0.2) is 16.3 Å². The number of rotatable bonds is 6. The molecule has 0 saturated carbocycles. The SMILES string of the molecule is CCC(CCc1ccc(F)cc1)NC(=O)c1snc(Cl)c1Cl. The predicted molar refractivity (Wildman–Crippen MR) is 88.4 cm³/mol. The second kappa shape index (κ2) is 7.90. The van der Waals surface area contributed by atoms with Crippen LogP contribution >= 0.6 is 34.7 Å². The third-order valence-electron chi connectivity index (χ3n) is 3.33. The van der Waals surface area contributed by atoms with Crippen molar-refractivity contribution in [3.05, 3.63) is 50.7 Å². The maximum atomic E-state index is 12.9. The highest BCUT2D eigenvalue weighted by molar-refractivity contribution is 7.09. The van der Waals surface area contributed by atoms with Gasteiger partial charge in [-0.2, -0.15) is 4.37 Å². The molecule has 1 N–H and O–H groups in total. The monoisotopic (exact) mass is 360 g/mol. The van der Waals surface area contributed by atoms with Gasteiger partial charge < -0.3 is 5.32 Å². The minimum atomic E-state index is -0.264. The van der Waals surface area contributed by atoms with Gasteiger partial charge in [0.1, 0.15) is 15.7 Å². The van der Waals surface area contributed by atoms with Crippen molar-refractivity contribution in [3.63, 3.8) is 0 Å². The molecule has 0 saturated heterocycles. The van der Waals surface area contributed by atoms with Crippen molar-refractivity contribution in [2.24, 2.45) is 0 Å². The van der Waals surface area contributed by atoms with Gasteiger partial charge in [-0.25, -0.2) is 4.39 Å². The molecule has 0 fully saturated rings. The fourth-order valence-electron chi connectivity index (χ4n) is 2.02. The molecular weight excluding hydrogens is 346 g/mol. The maximum Gasteiger partial charge on any atom is 0.264 e. The van der Waals surface area contributed by atoms with Gasteiger partial charge in [-0.3, -0.25) is 4.79 Å². The molecule has 1 heterocycles. The number of nitrogens with zero attached hydrogens (tertiary/aromatic N) is 1. The lowest BCUT2D eigenvalue weighted by molar-refractivity contribution is 0.0938. The average Bonchev–Trinajstić information content (AvgIpc) is 2.85. The highest BCUT2D eigenvalue weighted by atomic mass is 35.5. The van der Waals surface area contributed by atoms with Crippen LogP contribution in [-0.2, 0) is 6.42 Å². The molecule has 0 aliphatic carbocycles. The van der Waals surface area contributed by atoms with Gasteiger partial charge in [-0.05, 0) is 48.5 Å². The molecule has 0 bridgehead atoms. The molecule has 22 heavy (non-hydrogen) atoms. The number of nitrogens with one attached hydrogen (secondary N) is 1. The predicted octanol–water partition coefficient (Wildman–Crippen LogP) is 4.73. The highest BCUT2D eigenvalue weighted by Crippen LogP contribution is 2.28. The summed E-state index contributed by atoms with van der Waals surface area (Å²) in [6.07, 6.45) is 2.31. The molecule has 1 aromatic heterocycles. The Morgan fingerprint density at radius 3 is 2.59 bits per heavy atom. The number of aromatic nitrogens is 1. The van der Waals surface area contributed by atoms with E-state index in [9.17, 15) is 9.18 Å². The lowest BCUT2D eigenvalue weighted by atomic mass is 10.0. The quantitative estimate of drug-likeness (QED) is 0.808. The second-order valence-corrected chi connectivity index (χ2v) is 6.37. The largest absolute Gasteiger partial charge is 0.349 e. The smallest absolute Gasteiger partial charge is 0.264 e. The Balaban J connectivity index is 1.93. The Morgan fingerprint density at radius 1 is 1.36 bits per heavy atom. The van der Waals surface area contributed by atoms with Crippen LogP contribution in [0, 0.1) is 5.82 Å². The van der Waals surface area contributed by atoms with E-state index in [0.29, 0.717) is 4.88 Å². The van der Waals surface area contributed by atoms with E-state index >= 15 is 0 Å². The molecule has 7 heteroatoms. The summed E-state index contributed by atoms with van der Waals surface area (Å²) in [5, 5.41) is 3.27. The van der Waals surface area contributed by atoms with Crippen LogP contribution < -0.4 is 5.32 Å². The molecule has 0 radical (unpaired) electrons. The van der Waals surface area contributed by atoms with Crippen LogP contribution in [0.25, 0.3) is 0 Å². The lowest BCUT2D eigenvalue weighted by Crippen LogP contribution is -2.34. The molecule has 1 aromatic carbocycles. The summed E-state index contributed by atoms with van der Waals surface area (Å²) in [6.45, 7) is 2.00. The van der Waals surface area contributed by atoms with Crippen LogP contribution in [0.5, 0.6) is 0 Å². The van der Waals surface area contributed by atoms with Crippen LogP contribution in [0.3, 0.4) is 0 Å². The minimum Gasteiger partial charge on any atom is -0.349 e. The van der Waals surface area contributed by atoms with Crippen molar-refractivity contribution in [2.75, 3.05) is 0 Å². The van der Waals surface area contributed by atoms with Crippen LogP contribution in [0.1, 0.15) is 35.0 Å². The first-order chi connectivity index (χ1) is 10.5. The molecule has 0 aliphatic heterocycles. The summed E-state index contributed by atoms with van der Waals surface area (Å²) >= 11 is 12.7. The molecule has 1 atom stereocenters. The molecule has 1 unspecified atom stereocenters. The van der Waals surface area contributed by atoms with Crippen molar-refractivity contribution in [2.45, 2.75) is 32.2 Å². The van der Waals surface area contributed by atoms with Crippen molar-refractivity contribution in [3.8, 4) is 0 Å². The zero-order valence-corrected chi connectivity index (χ0v) is 14.2. The zero-order chi connectivity index (χ0) is 16.1. The summed E-state index contributed by atoms with van der Waals surface area (Å²) in [5.74, 6) is -0.513. The number of aryl methyl sites for hydroxylation is 1. The summed E-state index contributed by atoms with van der Waals surface area (Å²) in [5.41, 5.74) is 1.04. The van der Waals surface area contributed by atoms with Crippen LogP contribution in [0.15, 0.2) is 24.3 Å². The van der Waals surface area contributed by atoms with Crippen LogP contribution in [0.4, 0.5) is 4.39 Å². The Labute approximate surface area is 142 Å². The van der Waals surface area contributed by atoms with Gasteiger partial charge in [0.2, 0.25) is 0 Å². The van der Waals surface area contributed by atoms with E-state index in [-0.39, 0.29) is 27.9 Å². The second-order valence-electron chi connectivity index (χ2n) is 4.86. The average molecular weight is 361 g/mol. The molecule has 118 valence electrons. The number of amides is 1. The Hall–Kier alpha value is -1.17. The van der Waals surface area contributed by atoms with Gasteiger partial charge in [0.25, 0.3) is 5.91 Å². The third-order valence-corrected chi connectivity index (χ3v) is 5.12. The molecule has 2 rings (SSSR count). The van der Waals surface area contributed by atoms with Gasteiger partial charge in [0, 0.05) is 6.04 Å². The number of benzene rings is 1. The van der Waals surface area contributed by atoms with Gasteiger partial charge in [0.05, 0.1) is 0 Å². The van der Waals surface area contributed by atoms with E-state index in [1.165, 1.54) is 12.1 Å². The topological polar surface area (TPSA) is 42.0 Å². The minimum absolute atomic E-state index is 0.00879. The van der Waals surface area contributed by atoms with E-state index in [4.69, 9.17) is 23.2 Å². The van der Waals surface area contributed by atoms with Crippen LogP contribution in [0.2, 0.25) is 10.2 Å². The molecule has 2 aromatic rings. The highest BCUT2D eigenvalue weighted by Gasteiger charge is 2.19. The first-order valence-corrected chi connectivity index (χ1v) is 8.40. The lowest BCUT2D eigenvalue weighted by Gasteiger charge is -2.16.